The van der Waals surface area contributed by atoms with E-state index in [1.165, 1.54) is 24.3 Å². The summed E-state index contributed by atoms with van der Waals surface area (Å²) in [7, 11) is 0. The number of hydrogen-bond acceptors (Lipinski definition) is 5. The highest BCUT2D eigenvalue weighted by molar-refractivity contribution is 5.82. The quantitative estimate of drug-likeness (QED) is 0.481. The molecule has 0 spiro atoms. The van der Waals surface area contributed by atoms with Crippen molar-refractivity contribution in [3.63, 3.8) is 0 Å². The summed E-state index contributed by atoms with van der Waals surface area (Å²) in [5.74, 6) is -0.937. The molecule has 0 aliphatic rings. The number of nitrogens with zero attached hydrogens (tertiary/aromatic N) is 2. The monoisotopic (exact) mass is 354 g/mol. The number of halogens is 1. The predicted octanol–water partition coefficient (Wildman–Crippen LogP) is 1.88. The van der Waals surface area contributed by atoms with Crippen LogP contribution in [0, 0.1) is 5.82 Å². The first-order valence-electron chi connectivity index (χ1n) is 7.69. The van der Waals surface area contributed by atoms with Crippen LogP contribution in [-0.4, -0.2) is 20.9 Å². The van der Waals surface area contributed by atoms with Gasteiger partial charge < -0.3 is 5.11 Å². The third-order valence-corrected chi connectivity index (χ3v) is 3.62. The molecule has 1 aromatic heterocycles. The van der Waals surface area contributed by atoms with E-state index in [0.717, 1.165) is 10.8 Å². The number of para-hydroxylation sites is 1. The van der Waals surface area contributed by atoms with Crippen molar-refractivity contribution in [2.45, 2.75) is 6.54 Å². The fraction of sp³-hybridized carbons (Fsp3) is 0.0556. The number of aromatic nitrogens is 2. The van der Waals surface area contributed by atoms with Gasteiger partial charge in [0.15, 0.2) is 0 Å². The zero-order valence-electron chi connectivity index (χ0n) is 13.5. The largest absolute Gasteiger partial charge is 0.494 e. The predicted molar refractivity (Wildman–Crippen MR) is 96.1 cm³/mol. The van der Waals surface area contributed by atoms with Gasteiger partial charge in [-0.1, -0.05) is 30.3 Å². The van der Waals surface area contributed by atoms with E-state index in [-0.39, 0.29) is 12.1 Å². The van der Waals surface area contributed by atoms with E-state index in [2.05, 4.69) is 15.5 Å². The van der Waals surface area contributed by atoms with Crippen LogP contribution in [-0.2, 0) is 6.54 Å². The van der Waals surface area contributed by atoms with Crippen LogP contribution in [0.5, 0.6) is 5.88 Å². The van der Waals surface area contributed by atoms with Crippen molar-refractivity contribution in [3.8, 4) is 5.88 Å². The summed E-state index contributed by atoms with van der Waals surface area (Å²) in [6.45, 7) is -0.0331. The number of hydrogen-bond donors (Lipinski definition) is 3. The lowest BCUT2D eigenvalue weighted by Gasteiger charge is -2.09. The van der Waals surface area contributed by atoms with Crippen LogP contribution in [0.1, 0.15) is 11.1 Å². The van der Waals surface area contributed by atoms with Gasteiger partial charge in [0, 0.05) is 0 Å². The molecular formula is C18H15FN4O3. The number of rotatable bonds is 5. The molecule has 0 fully saturated rings. The first-order valence-corrected chi connectivity index (χ1v) is 7.69. The van der Waals surface area contributed by atoms with E-state index in [9.17, 15) is 19.1 Å². The highest BCUT2D eigenvalue weighted by atomic mass is 19.1. The van der Waals surface area contributed by atoms with Gasteiger partial charge >= 0.3 is 5.69 Å². The van der Waals surface area contributed by atoms with E-state index in [1.54, 1.807) is 12.1 Å². The smallest absolute Gasteiger partial charge is 0.331 e. The lowest BCUT2D eigenvalue weighted by Crippen LogP contribution is -2.32. The maximum Gasteiger partial charge on any atom is 0.331 e. The maximum atomic E-state index is 13.0. The average Bonchev–Trinajstić information content (AvgIpc) is 2.64. The van der Waals surface area contributed by atoms with Crippen LogP contribution < -0.4 is 16.7 Å². The number of anilines is 1. The molecule has 2 aromatic carbocycles. The lowest BCUT2D eigenvalue weighted by molar-refractivity contribution is 0.408. The van der Waals surface area contributed by atoms with Crippen LogP contribution >= 0.6 is 0 Å². The van der Waals surface area contributed by atoms with E-state index in [4.69, 9.17) is 0 Å². The van der Waals surface area contributed by atoms with Gasteiger partial charge in [0.25, 0.3) is 5.56 Å². The Labute approximate surface area is 147 Å². The molecule has 0 aliphatic carbocycles. The summed E-state index contributed by atoms with van der Waals surface area (Å²) < 4.78 is 14.0. The normalized spacial score (nSPS) is 11.0. The van der Waals surface area contributed by atoms with Gasteiger partial charge in [-0.25, -0.2) is 9.18 Å². The average molecular weight is 354 g/mol. The molecule has 0 radical (unpaired) electrons. The van der Waals surface area contributed by atoms with E-state index in [1.807, 2.05) is 18.2 Å². The van der Waals surface area contributed by atoms with Gasteiger partial charge in [0.05, 0.1) is 18.4 Å². The van der Waals surface area contributed by atoms with Crippen molar-refractivity contribution in [1.82, 2.24) is 9.55 Å². The number of benzene rings is 2. The van der Waals surface area contributed by atoms with Gasteiger partial charge in [-0.05, 0) is 29.8 Å². The van der Waals surface area contributed by atoms with Crippen molar-refractivity contribution in [1.29, 1.82) is 0 Å². The van der Waals surface area contributed by atoms with Crippen molar-refractivity contribution < 1.29 is 9.50 Å². The van der Waals surface area contributed by atoms with E-state index >= 15 is 0 Å². The molecule has 132 valence electrons. The van der Waals surface area contributed by atoms with Gasteiger partial charge in [0.1, 0.15) is 11.4 Å². The van der Waals surface area contributed by atoms with Gasteiger partial charge in [0.2, 0.25) is 5.88 Å². The standard InChI is InChI=1S/C18H15FN4O3/c19-13-8-6-12(7-9-13)11-23-17(25)15(16(24)21-18(23)26)10-20-22-14-4-2-1-3-5-14/h1-10,22,25H,11H2,(H,21,24,26)/b20-10-. The molecule has 7 nitrogen and oxygen atoms in total. The molecule has 1 heterocycles. The topological polar surface area (TPSA) is 99.5 Å². The highest BCUT2D eigenvalue weighted by Crippen LogP contribution is 2.12. The minimum absolute atomic E-state index is 0.0331. The Morgan fingerprint density at radius 1 is 1.12 bits per heavy atom. The molecule has 0 saturated carbocycles. The second-order valence-corrected chi connectivity index (χ2v) is 5.45. The van der Waals surface area contributed by atoms with Crippen molar-refractivity contribution in [3.05, 3.63) is 92.4 Å². The maximum absolute atomic E-state index is 13.0. The summed E-state index contributed by atoms with van der Waals surface area (Å²) in [4.78, 5) is 26.1. The number of nitrogens with one attached hydrogen (secondary N) is 2. The molecule has 8 heteroatoms. The third kappa shape index (κ3) is 3.86. The molecule has 3 rings (SSSR count). The molecule has 0 atom stereocenters. The van der Waals surface area contributed by atoms with Crippen LogP contribution in [0.2, 0.25) is 0 Å². The first-order chi connectivity index (χ1) is 12.5. The molecule has 3 aromatic rings. The highest BCUT2D eigenvalue weighted by Gasteiger charge is 2.13. The summed E-state index contributed by atoms with van der Waals surface area (Å²) in [6, 6.07) is 14.5. The number of aromatic amines is 1. The summed E-state index contributed by atoms with van der Waals surface area (Å²) >= 11 is 0. The molecule has 0 saturated heterocycles. The minimum atomic E-state index is -0.773. The number of hydrazone groups is 1. The Hall–Kier alpha value is -3.68. The Kier molecular flexibility index (Phi) is 4.93. The Bertz CT molecular complexity index is 1040. The Balaban J connectivity index is 1.90. The second-order valence-electron chi connectivity index (χ2n) is 5.45. The first kappa shape index (κ1) is 17.2. The van der Waals surface area contributed by atoms with Crippen molar-refractivity contribution in [2.75, 3.05) is 5.43 Å². The van der Waals surface area contributed by atoms with Gasteiger partial charge in [-0.3, -0.25) is 19.8 Å². The van der Waals surface area contributed by atoms with Gasteiger partial charge in [-0.2, -0.15) is 5.10 Å². The fourth-order valence-electron chi connectivity index (χ4n) is 2.29. The van der Waals surface area contributed by atoms with Crippen molar-refractivity contribution >= 4 is 11.9 Å². The van der Waals surface area contributed by atoms with E-state index in [0.29, 0.717) is 11.3 Å². The molecule has 0 aliphatic heterocycles. The zero-order chi connectivity index (χ0) is 18.5. The second kappa shape index (κ2) is 7.47. The Morgan fingerprint density at radius 3 is 2.50 bits per heavy atom. The van der Waals surface area contributed by atoms with Gasteiger partial charge in [-0.15, -0.1) is 0 Å². The molecule has 26 heavy (non-hydrogen) atoms. The summed E-state index contributed by atoms with van der Waals surface area (Å²) in [5, 5.41) is 14.2. The summed E-state index contributed by atoms with van der Waals surface area (Å²) in [6.07, 6.45) is 1.13. The molecule has 3 N–H and O–H groups in total. The number of aromatic hydroxyl groups is 1. The lowest BCUT2D eigenvalue weighted by atomic mass is 10.2. The molecule has 0 unspecified atom stereocenters. The van der Waals surface area contributed by atoms with Crippen LogP contribution in [0.4, 0.5) is 10.1 Å². The summed E-state index contributed by atoms with van der Waals surface area (Å²) in [5.41, 5.74) is 2.29. The minimum Gasteiger partial charge on any atom is -0.494 e. The van der Waals surface area contributed by atoms with E-state index < -0.39 is 22.9 Å². The van der Waals surface area contributed by atoms with Crippen molar-refractivity contribution in [2.24, 2.45) is 5.10 Å². The molecule has 0 amide bonds. The number of H-pyrrole nitrogens is 1. The van der Waals surface area contributed by atoms with Crippen LogP contribution in [0.25, 0.3) is 0 Å². The van der Waals surface area contributed by atoms with Crippen LogP contribution in [0.15, 0.2) is 69.3 Å². The Morgan fingerprint density at radius 2 is 1.81 bits per heavy atom. The van der Waals surface area contributed by atoms with Crippen LogP contribution in [0.3, 0.4) is 0 Å². The molecular weight excluding hydrogens is 339 g/mol. The third-order valence-electron chi connectivity index (χ3n) is 3.62. The SMILES string of the molecule is O=c1[nH]c(=O)n(Cc2ccc(F)cc2)c(O)c1/C=N\Nc1ccccc1. The molecule has 0 bridgehead atoms. The fourth-order valence-corrected chi connectivity index (χ4v) is 2.29. The zero-order valence-corrected chi connectivity index (χ0v) is 13.5.